The number of aliphatic hydroxyl groups excluding tert-OH is 1. The number of piperidine rings is 1. The average molecular weight is 508 g/mol. The average Bonchev–Trinajstić information content (AvgIpc) is 3.54. The number of Topliss-reactive ketones (excluding diaryl/α,β-unsaturated/α-hetero) is 1. The summed E-state index contributed by atoms with van der Waals surface area (Å²) in [6.07, 6.45) is 3.81. The molecule has 1 atom stereocenters. The van der Waals surface area contributed by atoms with E-state index in [-0.39, 0.29) is 23.8 Å². The van der Waals surface area contributed by atoms with Gasteiger partial charge in [0.05, 0.1) is 24.3 Å². The summed E-state index contributed by atoms with van der Waals surface area (Å²) in [7, 11) is 1.49. The van der Waals surface area contributed by atoms with Crippen LogP contribution in [-0.4, -0.2) is 76.9 Å². The first kappa shape index (κ1) is 25.0. The molecule has 2 N–H and O–H groups in total. The molecule has 2 fully saturated rings. The Morgan fingerprint density at radius 3 is 2.38 bits per heavy atom. The molecule has 0 radical (unpaired) electrons. The number of methoxy groups -OCH3 is 1. The van der Waals surface area contributed by atoms with Crippen LogP contribution in [0, 0.1) is 11.7 Å². The molecule has 0 bridgehead atoms. The second-order valence-corrected chi connectivity index (χ2v) is 9.89. The van der Waals surface area contributed by atoms with E-state index in [2.05, 4.69) is 4.98 Å². The molecule has 8 nitrogen and oxygen atoms in total. The molecule has 9 heteroatoms. The van der Waals surface area contributed by atoms with Gasteiger partial charge in [0.2, 0.25) is 0 Å². The molecule has 2 saturated heterocycles. The fourth-order valence-corrected chi connectivity index (χ4v) is 5.32. The summed E-state index contributed by atoms with van der Waals surface area (Å²) in [6, 6.07) is 9.84. The number of carbonyl (C=O) groups excluding carboxylic acids is 3. The molecular formula is C28H30FN3O5. The third-order valence-electron chi connectivity index (χ3n) is 7.46. The van der Waals surface area contributed by atoms with Crippen molar-refractivity contribution in [1.82, 2.24) is 14.8 Å². The van der Waals surface area contributed by atoms with Gasteiger partial charge in [-0.15, -0.1) is 0 Å². The van der Waals surface area contributed by atoms with Crippen LogP contribution in [0.3, 0.4) is 0 Å². The van der Waals surface area contributed by atoms with Gasteiger partial charge in [0.25, 0.3) is 17.6 Å². The van der Waals surface area contributed by atoms with Crippen LogP contribution in [0.2, 0.25) is 0 Å². The summed E-state index contributed by atoms with van der Waals surface area (Å²) in [5.41, 5.74) is 2.20. The van der Waals surface area contributed by atoms with Gasteiger partial charge in [-0.1, -0.05) is 12.1 Å². The van der Waals surface area contributed by atoms with Crippen LogP contribution in [0.15, 0.2) is 42.6 Å². The number of carbonyl (C=O) groups is 3. The molecule has 5 rings (SSSR count). The Morgan fingerprint density at radius 2 is 1.73 bits per heavy atom. The van der Waals surface area contributed by atoms with E-state index in [1.165, 1.54) is 30.3 Å². The number of ketones is 1. The highest BCUT2D eigenvalue weighted by atomic mass is 19.1. The first-order valence-electron chi connectivity index (χ1n) is 12.6. The number of nitrogens with one attached hydrogen (secondary N) is 1. The Hall–Kier alpha value is -3.72. The SMILES string of the molecule is COc1cc2[nH]cc(C(=O)C(=O)N3CCC(O)C3)c2cc1C(=O)N1CCC(Cc2ccc(F)cc2)CC1. The largest absolute Gasteiger partial charge is 0.496 e. The number of amides is 2. The predicted molar refractivity (Wildman–Crippen MR) is 135 cm³/mol. The summed E-state index contributed by atoms with van der Waals surface area (Å²) in [4.78, 5) is 45.4. The Morgan fingerprint density at radius 1 is 1.03 bits per heavy atom. The lowest BCUT2D eigenvalue weighted by Crippen LogP contribution is -2.39. The quantitative estimate of drug-likeness (QED) is 0.394. The lowest BCUT2D eigenvalue weighted by Gasteiger charge is -2.32. The number of aromatic nitrogens is 1. The number of aromatic amines is 1. The fraction of sp³-hybridized carbons (Fsp3) is 0.393. The van der Waals surface area contributed by atoms with Crippen LogP contribution >= 0.6 is 0 Å². The van der Waals surface area contributed by atoms with Crippen molar-refractivity contribution in [2.45, 2.75) is 31.8 Å². The van der Waals surface area contributed by atoms with Crippen molar-refractivity contribution in [3.8, 4) is 5.75 Å². The van der Waals surface area contributed by atoms with Gasteiger partial charge in [-0.3, -0.25) is 14.4 Å². The lowest BCUT2D eigenvalue weighted by atomic mass is 9.90. The van der Waals surface area contributed by atoms with Crippen LogP contribution in [0.4, 0.5) is 4.39 Å². The van der Waals surface area contributed by atoms with Crippen molar-refractivity contribution in [1.29, 1.82) is 0 Å². The molecule has 2 aliphatic rings. The topological polar surface area (TPSA) is 103 Å². The second kappa shape index (κ2) is 10.3. The highest BCUT2D eigenvalue weighted by Gasteiger charge is 2.32. The van der Waals surface area contributed by atoms with Gasteiger partial charge in [0.15, 0.2) is 0 Å². The number of fused-ring (bicyclic) bond motifs is 1. The molecule has 2 aromatic carbocycles. The van der Waals surface area contributed by atoms with Gasteiger partial charge in [0.1, 0.15) is 11.6 Å². The standard InChI is InChI=1S/C28H30FN3O5/c1-37-25-14-24-21(23(15-30-24)26(34)28(36)32-11-8-20(33)16-32)13-22(25)27(35)31-9-6-18(7-10-31)12-17-2-4-19(29)5-3-17/h2-5,13-15,18,20,30,33H,6-12,16H2,1H3. The normalized spacial score (nSPS) is 18.4. The van der Waals surface area contributed by atoms with Gasteiger partial charge in [-0.25, -0.2) is 4.39 Å². The number of benzene rings is 2. The van der Waals surface area contributed by atoms with Crippen LogP contribution in [0.5, 0.6) is 5.75 Å². The van der Waals surface area contributed by atoms with E-state index in [0.717, 1.165) is 24.8 Å². The molecule has 2 amide bonds. The van der Waals surface area contributed by atoms with E-state index >= 15 is 0 Å². The smallest absolute Gasteiger partial charge is 0.295 e. The third kappa shape index (κ3) is 5.09. The van der Waals surface area contributed by atoms with E-state index in [9.17, 15) is 23.9 Å². The molecule has 3 heterocycles. The highest BCUT2D eigenvalue weighted by Crippen LogP contribution is 2.31. The van der Waals surface area contributed by atoms with Gasteiger partial charge >= 0.3 is 0 Å². The molecule has 1 aromatic heterocycles. The fourth-order valence-electron chi connectivity index (χ4n) is 5.32. The molecule has 0 aliphatic carbocycles. The number of rotatable bonds is 6. The number of H-pyrrole nitrogens is 1. The van der Waals surface area contributed by atoms with Gasteiger partial charge in [-0.2, -0.15) is 0 Å². The van der Waals surface area contributed by atoms with Crippen molar-refractivity contribution in [2.24, 2.45) is 5.92 Å². The van der Waals surface area contributed by atoms with E-state index in [1.807, 2.05) is 0 Å². The molecule has 194 valence electrons. The zero-order valence-electron chi connectivity index (χ0n) is 20.7. The number of nitrogens with zero attached hydrogens (tertiary/aromatic N) is 2. The van der Waals surface area contributed by atoms with Crippen LogP contribution in [-0.2, 0) is 11.2 Å². The minimum Gasteiger partial charge on any atom is -0.496 e. The van der Waals surface area contributed by atoms with Crippen molar-refractivity contribution < 1.29 is 28.6 Å². The maximum atomic E-state index is 13.5. The predicted octanol–water partition coefficient (Wildman–Crippen LogP) is 3.19. The van der Waals surface area contributed by atoms with Crippen molar-refractivity contribution in [3.63, 3.8) is 0 Å². The van der Waals surface area contributed by atoms with Gasteiger partial charge in [0, 0.05) is 49.3 Å². The first-order chi connectivity index (χ1) is 17.8. The van der Waals surface area contributed by atoms with E-state index in [1.54, 1.807) is 29.2 Å². The monoisotopic (exact) mass is 507 g/mol. The van der Waals surface area contributed by atoms with Crippen LogP contribution in [0.1, 0.15) is 45.5 Å². The molecule has 3 aromatic rings. The summed E-state index contributed by atoms with van der Waals surface area (Å²) >= 11 is 0. The summed E-state index contributed by atoms with van der Waals surface area (Å²) in [5.74, 6) is -0.979. The zero-order chi connectivity index (χ0) is 26.1. The number of β-amino-alcohol motifs (C(OH)–C–C–N with tert-alkyl or cyclic N) is 1. The summed E-state index contributed by atoms with van der Waals surface area (Å²) in [6.45, 7) is 1.64. The molecule has 0 saturated carbocycles. The second-order valence-electron chi connectivity index (χ2n) is 9.89. The molecule has 37 heavy (non-hydrogen) atoms. The number of halogens is 1. The number of ether oxygens (including phenoxy) is 1. The number of likely N-dealkylation sites (tertiary alicyclic amines) is 2. The Balaban J connectivity index is 1.32. The third-order valence-corrected chi connectivity index (χ3v) is 7.46. The molecular weight excluding hydrogens is 477 g/mol. The van der Waals surface area contributed by atoms with Crippen LogP contribution < -0.4 is 4.74 Å². The molecule has 2 aliphatic heterocycles. The van der Waals surface area contributed by atoms with E-state index < -0.39 is 17.8 Å². The van der Waals surface area contributed by atoms with Gasteiger partial charge < -0.3 is 24.6 Å². The summed E-state index contributed by atoms with van der Waals surface area (Å²) < 4.78 is 18.7. The first-order valence-corrected chi connectivity index (χ1v) is 12.6. The minimum atomic E-state index is -0.675. The summed E-state index contributed by atoms with van der Waals surface area (Å²) in [5, 5.41) is 10.2. The van der Waals surface area contributed by atoms with E-state index in [0.29, 0.717) is 54.2 Å². The molecule has 1 unspecified atom stereocenters. The minimum absolute atomic E-state index is 0.140. The lowest BCUT2D eigenvalue weighted by molar-refractivity contribution is -0.125. The Labute approximate surface area is 214 Å². The highest BCUT2D eigenvalue weighted by molar-refractivity contribution is 6.45. The maximum Gasteiger partial charge on any atom is 0.295 e. The molecule has 0 spiro atoms. The maximum absolute atomic E-state index is 13.5. The number of aliphatic hydroxyl groups is 1. The van der Waals surface area contributed by atoms with Gasteiger partial charge in [-0.05, 0) is 55.4 Å². The van der Waals surface area contributed by atoms with E-state index in [4.69, 9.17) is 4.74 Å². The van der Waals surface area contributed by atoms with Crippen molar-refractivity contribution in [3.05, 3.63) is 65.1 Å². The van der Waals surface area contributed by atoms with Crippen molar-refractivity contribution in [2.75, 3.05) is 33.3 Å². The number of hydrogen-bond donors (Lipinski definition) is 2. The van der Waals surface area contributed by atoms with Crippen LogP contribution in [0.25, 0.3) is 10.9 Å². The number of hydrogen-bond acceptors (Lipinski definition) is 5. The zero-order valence-corrected chi connectivity index (χ0v) is 20.7. The van der Waals surface area contributed by atoms with Crippen molar-refractivity contribution >= 4 is 28.5 Å². The Bertz CT molecular complexity index is 1330. The Kier molecular flexibility index (Phi) is 6.97.